The Kier molecular flexibility index (Phi) is 2.19. The third-order valence-corrected chi connectivity index (χ3v) is 3.85. The summed E-state index contributed by atoms with van der Waals surface area (Å²) in [6, 6.07) is 0.701. The molecule has 3 heterocycles. The summed E-state index contributed by atoms with van der Waals surface area (Å²) in [5.41, 5.74) is 0. The number of hydrogen-bond donors (Lipinski definition) is 0. The second-order valence-corrected chi connectivity index (χ2v) is 4.35. The minimum absolute atomic E-state index is 0.416. The summed E-state index contributed by atoms with van der Waals surface area (Å²) in [5, 5.41) is 0. The molecule has 0 radical (unpaired) electrons. The molecule has 0 aliphatic carbocycles. The molecule has 2 nitrogen and oxygen atoms in total. The average molecular weight is 265 g/mol. The van der Waals surface area contributed by atoms with Gasteiger partial charge in [0.1, 0.15) is 5.78 Å². The fourth-order valence-corrected chi connectivity index (χ4v) is 3.01. The van der Waals surface area contributed by atoms with E-state index in [1.165, 1.54) is 4.43 Å². The highest BCUT2D eigenvalue weighted by atomic mass is 127. The van der Waals surface area contributed by atoms with Crippen molar-refractivity contribution < 1.29 is 4.79 Å². The first-order valence-corrected chi connectivity index (χ1v) is 5.66. The molecule has 3 aliphatic rings. The lowest BCUT2D eigenvalue weighted by Gasteiger charge is -2.43. The number of rotatable bonds is 1. The van der Waals surface area contributed by atoms with Crippen LogP contribution in [-0.2, 0) is 4.79 Å². The van der Waals surface area contributed by atoms with E-state index >= 15 is 0 Å². The number of piperidine rings is 3. The highest BCUT2D eigenvalue weighted by Gasteiger charge is 2.38. The number of halogens is 1. The van der Waals surface area contributed by atoms with Crippen LogP contribution < -0.4 is 0 Å². The third-order valence-electron chi connectivity index (χ3n) is 2.83. The lowest BCUT2D eigenvalue weighted by Crippen LogP contribution is -2.54. The molecule has 0 aromatic heterocycles. The lowest BCUT2D eigenvalue weighted by atomic mass is 9.83. The Morgan fingerprint density at radius 1 is 1.64 bits per heavy atom. The summed E-state index contributed by atoms with van der Waals surface area (Å²) in [7, 11) is 0. The molecule has 0 amide bonds. The number of Topliss-reactive ketones (excluding diaryl/α,β-unsaturated/α-hetero) is 1. The fourth-order valence-electron chi connectivity index (χ4n) is 2.09. The topological polar surface area (TPSA) is 20.3 Å². The molecule has 11 heavy (non-hydrogen) atoms. The number of alkyl halides is 1. The molecule has 0 N–H and O–H groups in total. The summed E-state index contributed by atoms with van der Waals surface area (Å²) in [4.78, 5) is 13.6. The van der Waals surface area contributed by atoms with E-state index in [2.05, 4.69) is 27.5 Å². The Morgan fingerprint density at radius 2 is 2.45 bits per heavy atom. The lowest BCUT2D eigenvalue weighted by molar-refractivity contribution is -0.132. The molecule has 62 valence electrons. The Bertz CT molecular complexity index is 183. The van der Waals surface area contributed by atoms with Crippen LogP contribution in [0.25, 0.3) is 0 Å². The second-order valence-electron chi connectivity index (χ2n) is 3.47. The van der Waals surface area contributed by atoms with Gasteiger partial charge in [0.05, 0.1) is 6.54 Å². The summed E-state index contributed by atoms with van der Waals surface area (Å²) in [6.45, 7) is 1.89. The first-order chi connectivity index (χ1) is 5.31. The van der Waals surface area contributed by atoms with E-state index in [1.54, 1.807) is 0 Å². The summed E-state index contributed by atoms with van der Waals surface area (Å²) in [6.07, 6.45) is 2.24. The zero-order valence-electron chi connectivity index (χ0n) is 6.42. The predicted molar refractivity (Wildman–Crippen MR) is 52.0 cm³/mol. The van der Waals surface area contributed by atoms with E-state index in [4.69, 9.17) is 0 Å². The van der Waals surface area contributed by atoms with Gasteiger partial charge in [-0.3, -0.25) is 9.69 Å². The summed E-state index contributed by atoms with van der Waals surface area (Å²) in [5.74, 6) is 0.900. The zero-order valence-corrected chi connectivity index (χ0v) is 8.58. The summed E-state index contributed by atoms with van der Waals surface area (Å²) < 4.78 is 1.18. The van der Waals surface area contributed by atoms with Gasteiger partial charge >= 0.3 is 0 Å². The van der Waals surface area contributed by atoms with E-state index in [9.17, 15) is 4.79 Å². The largest absolute Gasteiger partial charge is 0.298 e. The highest BCUT2D eigenvalue weighted by Crippen LogP contribution is 2.30. The van der Waals surface area contributed by atoms with E-state index in [0.717, 1.165) is 25.9 Å². The van der Waals surface area contributed by atoms with Crippen molar-refractivity contribution in [1.29, 1.82) is 0 Å². The minimum atomic E-state index is 0.416. The summed E-state index contributed by atoms with van der Waals surface area (Å²) >= 11 is 2.42. The molecular weight excluding hydrogens is 253 g/mol. The molecule has 3 atom stereocenters. The van der Waals surface area contributed by atoms with Crippen LogP contribution in [0.2, 0.25) is 0 Å². The van der Waals surface area contributed by atoms with Crippen molar-refractivity contribution in [2.24, 2.45) is 5.92 Å². The van der Waals surface area contributed by atoms with Crippen LogP contribution in [0.4, 0.5) is 0 Å². The zero-order chi connectivity index (χ0) is 7.84. The Morgan fingerprint density at radius 3 is 2.91 bits per heavy atom. The smallest absolute Gasteiger partial charge is 0.150 e. The number of nitrogens with zero attached hydrogens (tertiary/aromatic N) is 1. The Balaban J connectivity index is 2.10. The predicted octanol–water partition coefficient (Wildman–Crippen LogP) is 1.08. The molecule has 2 bridgehead atoms. The normalized spacial score (nSPS) is 43.0. The van der Waals surface area contributed by atoms with Crippen molar-refractivity contribution in [3.63, 3.8) is 0 Å². The van der Waals surface area contributed by atoms with Crippen molar-refractivity contribution in [3.8, 4) is 0 Å². The number of fused-ring (bicyclic) bond motifs is 3. The number of carbonyl (C=O) groups is 1. The maximum atomic E-state index is 11.3. The Hall–Kier alpha value is 0.360. The molecule has 0 spiro atoms. The van der Waals surface area contributed by atoms with Crippen molar-refractivity contribution >= 4 is 28.4 Å². The molecule has 0 aromatic rings. The maximum Gasteiger partial charge on any atom is 0.150 e. The van der Waals surface area contributed by atoms with Gasteiger partial charge in [-0.05, 0) is 19.4 Å². The second kappa shape index (κ2) is 3.01. The molecule has 3 rings (SSSR count). The Labute approximate surface area is 80.5 Å². The minimum Gasteiger partial charge on any atom is -0.298 e. The first-order valence-electron chi connectivity index (χ1n) is 4.14. The van der Waals surface area contributed by atoms with Crippen molar-refractivity contribution in [1.82, 2.24) is 4.90 Å². The van der Waals surface area contributed by atoms with Gasteiger partial charge < -0.3 is 0 Å². The molecule has 0 saturated carbocycles. The molecule has 1 unspecified atom stereocenters. The molecule has 3 aliphatic heterocycles. The van der Waals surface area contributed by atoms with E-state index < -0.39 is 0 Å². The third kappa shape index (κ3) is 1.33. The average Bonchev–Trinajstić information content (AvgIpc) is 2.05. The number of ketones is 1. The molecule has 3 fully saturated rings. The van der Waals surface area contributed by atoms with Crippen LogP contribution in [0.3, 0.4) is 0 Å². The standard InChI is InChI=1S/C8H12INO/c9-4-7-3-6-1-2-10(7)5-8(6)11/h6-7H,1-5H2/t6-,7-/m0/s1. The van der Waals surface area contributed by atoms with Crippen LogP contribution in [0.1, 0.15) is 12.8 Å². The fraction of sp³-hybridized carbons (Fsp3) is 0.875. The van der Waals surface area contributed by atoms with E-state index in [1.807, 2.05) is 0 Å². The van der Waals surface area contributed by atoms with Crippen molar-refractivity contribution in [2.75, 3.05) is 17.5 Å². The number of hydrogen-bond acceptors (Lipinski definition) is 2. The molecule has 3 saturated heterocycles. The van der Waals surface area contributed by atoms with Gasteiger partial charge in [-0.1, -0.05) is 22.6 Å². The van der Waals surface area contributed by atoms with Crippen molar-refractivity contribution in [2.45, 2.75) is 18.9 Å². The molecule has 0 aromatic carbocycles. The van der Waals surface area contributed by atoms with Gasteiger partial charge in [-0.2, -0.15) is 0 Å². The highest BCUT2D eigenvalue weighted by molar-refractivity contribution is 14.1. The van der Waals surface area contributed by atoms with Crippen LogP contribution in [0, 0.1) is 5.92 Å². The van der Waals surface area contributed by atoms with Gasteiger partial charge in [0, 0.05) is 16.4 Å². The van der Waals surface area contributed by atoms with Gasteiger partial charge in [-0.15, -0.1) is 0 Å². The first kappa shape index (κ1) is 7.98. The maximum absolute atomic E-state index is 11.3. The quantitative estimate of drug-likeness (QED) is 0.522. The van der Waals surface area contributed by atoms with Gasteiger partial charge in [0.25, 0.3) is 0 Å². The van der Waals surface area contributed by atoms with Crippen LogP contribution in [-0.4, -0.2) is 34.2 Å². The van der Waals surface area contributed by atoms with Crippen LogP contribution in [0.15, 0.2) is 0 Å². The molecule has 3 heteroatoms. The van der Waals surface area contributed by atoms with E-state index in [0.29, 0.717) is 17.7 Å². The van der Waals surface area contributed by atoms with Gasteiger partial charge in [-0.25, -0.2) is 0 Å². The van der Waals surface area contributed by atoms with Crippen LogP contribution >= 0.6 is 22.6 Å². The van der Waals surface area contributed by atoms with Gasteiger partial charge in [0.15, 0.2) is 0 Å². The van der Waals surface area contributed by atoms with E-state index in [-0.39, 0.29) is 0 Å². The van der Waals surface area contributed by atoms with Crippen molar-refractivity contribution in [3.05, 3.63) is 0 Å². The molecular formula is C8H12INO. The SMILES string of the molecule is O=C1CN2CC[C@H]1C[C@H]2CI. The van der Waals surface area contributed by atoms with Crippen LogP contribution in [0.5, 0.6) is 0 Å². The van der Waals surface area contributed by atoms with Gasteiger partial charge in [0.2, 0.25) is 0 Å². The monoisotopic (exact) mass is 265 g/mol. The number of carbonyl (C=O) groups excluding carboxylic acids is 1.